The summed E-state index contributed by atoms with van der Waals surface area (Å²) >= 11 is 0. The Labute approximate surface area is 690 Å². The molecule has 0 radical (unpaired) electrons. The molecule has 9 heterocycles. The number of carbonyl (C=O) groups excluding carboxylic acids is 3. The lowest BCUT2D eigenvalue weighted by Gasteiger charge is -2.29. The van der Waals surface area contributed by atoms with Crippen LogP contribution in [0.25, 0.3) is 6.08 Å². The molecule has 120 heavy (non-hydrogen) atoms. The molecule has 6 aromatic rings. The van der Waals surface area contributed by atoms with Crippen LogP contribution in [0.1, 0.15) is 152 Å². The highest BCUT2D eigenvalue weighted by Crippen LogP contribution is 2.47. The number of anilines is 3. The van der Waals surface area contributed by atoms with Crippen LogP contribution < -0.4 is 49.0 Å². The minimum atomic E-state index is -0.844. The Morgan fingerprint density at radius 2 is 0.742 bits per heavy atom. The molecule has 16 rings (SSSR count). The number of carbonyl (C=O) groups is 6. The van der Waals surface area contributed by atoms with Gasteiger partial charge in [-0.3, -0.25) is 44.0 Å². The number of hydrogen-bond donors (Lipinski definition) is 9. The van der Waals surface area contributed by atoms with Crippen LogP contribution in [0.15, 0.2) is 148 Å². The summed E-state index contributed by atoms with van der Waals surface area (Å²) in [7, 11) is 0. The first-order chi connectivity index (χ1) is 58.3. The quantitative estimate of drug-likeness (QED) is 0.0222. The van der Waals surface area contributed by atoms with Gasteiger partial charge in [0, 0.05) is 48.8 Å². The minimum Gasteiger partial charge on any atom is -0.481 e. The van der Waals surface area contributed by atoms with Crippen molar-refractivity contribution in [2.75, 3.05) is 68.7 Å². The molecule has 0 bridgehead atoms. The molecule has 6 aliphatic heterocycles. The van der Waals surface area contributed by atoms with Crippen LogP contribution >= 0.6 is 0 Å². The van der Waals surface area contributed by atoms with Gasteiger partial charge in [-0.15, -0.1) is 0 Å². The van der Waals surface area contributed by atoms with Crippen LogP contribution in [0.5, 0.6) is 0 Å². The van der Waals surface area contributed by atoms with Gasteiger partial charge in [0.15, 0.2) is 37.6 Å². The molecule has 4 aliphatic carbocycles. The Morgan fingerprint density at radius 3 is 1.10 bits per heavy atom. The summed E-state index contributed by atoms with van der Waals surface area (Å²) in [6.45, 7) is 5.82. The number of aliphatic carboxylic acids is 3. The summed E-state index contributed by atoms with van der Waals surface area (Å²) in [5, 5.41) is 44.4. The van der Waals surface area contributed by atoms with Gasteiger partial charge in [0.25, 0.3) is 0 Å². The van der Waals surface area contributed by atoms with E-state index in [4.69, 9.17) is 56.8 Å². The third-order valence-electron chi connectivity index (χ3n) is 23.1. The zero-order valence-electron chi connectivity index (χ0n) is 66.6. The number of hydrogen-bond acceptors (Lipinski definition) is 24. The second-order valence-corrected chi connectivity index (χ2v) is 31.4. The van der Waals surface area contributed by atoms with Crippen LogP contribution in [0.2, 0.25) is 0 Å². The summed E-state index contributed by atoms with van der Waals surface area (Å²) in [6.07, 6.45) is 10.6. The maximum Gasteiger partial charge on any atom is 0.351 e. The Hall–Kier alpha value is -10.2. The summed E-state index contributed by atoms with van der Waals surface area (Å²) in [4.78, 5) is 122. The van der Waals surface area contributed by atoms with Gasteiger partial charge in [-0.05, 0) is 113 Å². The summed E-state index contributed by atoms with van der Waals surface area (Å²) in [5.74, 6) is -3.38. The molecule has 0 spiro atoms. The minimum absolute atomic E-state index is 0.0546. The van der Waals surface area contributed by atoms with Gasteiger partial charge in [0.05, 0.1) is 57.4 Å². The van der Waals surface area contributed by atoms with E-state index in [1.165, 1.54) is 50.5 Å². The third kappa shape index (κ3) is 21.7. The van der Waals surface area contributed by atoms with Gasteiger partial charge >= 0.3 is 53.1 Å². The van der Waals surface area contributed by atoms with Crippen molar-refractivity contribution in [1.82, 2.24) is 44.6 Å². The highest BCUT2D eigenvalue weighted by Gasteiger charge is 2.57. The fourth-order valence-electron chi connectivity index (χ4n) is 16.9. The second kappa shape index (κ2) is 40.9. The maximum atomic E-state index is 13.0. The van der Waals surface area contributed by atoms with Crippen molar-refractivity contribution < 1.29 is 101 Å². The van der Waals surface area contributed by atoms with Crippen LogP contribution in [0.4, 0.5) is 31.8 Å². The van der Waals surface area contributed by atoms with E-state index in [2.05, 4.69) is 46.9 Å². The molecule has 3 aromatic heterocycles. The van der Waals surface area contributed by atoms with Gasteiger partial charge < -0.3 is 88.1 Å². The van der Waals surface area contributed by atoms with Crippen molar-refractivity contribution in [1.29, 1.82) is 0 Å². The summed E-state index contributed by atoms with van der Waals surface area (Å²) in [6, 6.07) is 32.1. The molecule has 36 nitrogen and oxygen atoms in total. The van der Waals surface area contributed by atoms with Gasteiger partial charge in [-0.2, -0.15) is 15.0 Å². The van der Waals surface area contributed by atoms with Crippen molar-refractivity contribution in [2.24, 2.45) is 35.5 Å². The lowest BCUT2D eigenvalue weighted by molar-refractivity contribution is -0.161. The first-order valence-electron chi connectivity index (χ1n) is 41.4. The van der Waals surface area contributed by atoms with Gasteiger partial charge in [0.1, 0.15) is 72.4 Å². The zero-order chi connectivity index (χ0) is 83.8. The SMILES string of the molecule is CCNC(=O)Nc1ccn([C@@H]2O[C@H](COCC3CCCCC3C(=O)O)C3O[C@H](/C=C/c4ccccc4)O[C@@H]32)c(=O)n1.CCNC(=O)Nc1ccn([C@@H]2O[C@H](COCC3CCCCC3C(=O)O)C3O[C@H](c4ccccc4)O[C@@H]32)c(=O)n1.O=C(Nc1ccn([C@@H]2O[C@H](COCC3CCCCC3C(=O)O)C3O[C@H](c4ccccc4)O[C@@H]32)c(=O)n1)NC1CC1. The highest BCUT2D eigenvalue weighted by molar-refractivity contribution is 5.89. The number of amides is 6. The van der Waals surface area contributed by atoms with Crippen molar-refractivity contribution in [3.63, 3.8) is 0 Å². The van der Waals surface area contributed by atoms with E-state index in [-0.39, 0.29) is 61.1 Å². The molecule has 6 saturated heterocycles. The second-order valence-electron chi connectivity index (χ2n) is 31.4. The number of urea groups is 3. The first-order valence-corrected chi connectivity index (χ1v) is 41.4. The highest BCUT2D eigenvalue weighted by atomic mass is 16.8. The molecule has 21 atom stereocenters. The van der Waals surface area contributed by atoms with Crippen molar-refractivity contribution in [2.45, 2.75) is 202 Å². The fourth-order valence-corrected chi connectivity index (χ4v) is 16.9. The van der Waals surface area contributed by atoms with Crippen molar-refractivity contribution in [3.05, 3.63) is 182 Å². The monoisotopic (exact) mass is 1660 g/mol. The molecule has 9 N–H and O–H groups in total. The Bertz CT molecular complexity index is 4680. The molecule has 4 saturated carbocycles. The van der Waals surface area contributed by atoms with E-state index in [1.54, 1.807) is 13.8 Å². The lowest BCUT2D eigenvalue weighted by atomic mass is 9.80. The van der Waals surface area contributed by atoms with Crippen molar-refractivity contribution >= 4 is 59.5 Å². The van der Waals surface area contributed by atoms with Crippen LogP contribution in [-0.4, -0.2) is 200 Å². The number of carboxylic acid groups (broad SMARTS) is 3. The summed E-state index contributed by atoms with van der Waals surface area (Å²) in [5.41, 5.74) is 0.821. The standard InChI is InChI=1S/C29H36N4O8.C28H34N4O8.C27H34N4O8/c1-2-30-28(36)31-22-14-15-33(29(37)32-22)26-25-24(40-23(41-25)13-12-18-8-4-3-5-9-18)21(39-26)17-38-16-19-10-6-7-11-20(19)27(34)35;33-25(34)19-9-5-4-8-17(19)14-37-15-20-22-23(40-26(39-22)16-6-2-1-3-7-16)24(38-20)32-13-12-21(31-28(32)36)30-27(35)29-18-10-11-18;1-2-28-26(34)29-20-12-13-31(27(35)30-20)23-22-21(38-25(39-22)16-8-4-3-5-9-16)19(37-23)15-36-14-17-10-6-7-11-18(17)24(32)33/h3-5,8-9,12-15,19-21,23-26H,2,6-7,10-11,16-17H2,1H3,(H,34,35)(H2,30,31,32,36,37);1-3,6-7,12-13,17-20,22-24,26H,4-5,8-11,14-15H2,(H,33,34)(H2,29,30,31,35,36);3-5,8-9,12-13,17-19,21-23,25H,2,6-7,10-11,14-15H2,1H3,(H,32,33)(H2,28,29,30,34,35)/b13-12+;;/t19?,20?,21-,23+,24?,25+,26-;17?,19?,20-,22?,23+,24-,26+;17?,18?,19-,21?,22+,23-,25+/m111/s1. The number of carboxylic acids is 3. The Kier molecular flexibility index (Phi) is 29.4. The first kappa shape index (κ1) is 86.2. The van der Waals surface area contributed by atoms with Gasteiger partial charge in [0.2, 0.25) is 0 Å². The number of benzene rings is 3. The average molecular weight is 1670 g/mol. The zero-order valence-corrected chi connectivity index (χ0v) is 66.6. The largest absolute Gasteiger partial charge is 0.481 e. The predicted octanol–water partition coefficient (Wildman–Crippen LogP) is 8.50. The van der Waals surface area contributed by atoms with Crippen LogP contribution in [-0.2, 0) is 71.2 Å². The molecule has 36 heteroatoms. The predicted molar refractivity (Wildman–Crippen MR) is 426 cm³/mol. The molecule has 644 valence electrons. The molecule has 6 amide bonds. The normalized spacial score (nSPS) is 30.3. The van der Waals surface area contributed by atoms with Crippen LogP contribution in [0.3, 0.4) is 0 Å². The van der Waals surface area contributed by atoms with E-state index >= 15 is 0 Å². The van der Waals surface area contributed by atoms with Gasteiger partial charge in [-0.1, -0.05) is 136 Å². The van der Waals surface area contributed by atoms with Gasteiger partial charge in [-0.25, -0.2) is 28.8 Å². The van der Waals surface area contributed by atoms with E-state index in [0.29, 0.717) is 52.2 Å². The molecule has 3 aromatic carbocycles. The number of nitrogens with zero attached hydrogens (tertiary/aromatic N) is 6. The average Bonchev–Trinajstić information content (AvgIpc) is 1.61. The number of rotatable bonds is 28. The summed E-state index contributed by atoms with van der Waals surface area (Å²) < 4.78 is 78.2. The molecule has 9 unspecified atom stereocenters. The lowest BCUT2D eigenvalue weighted by Crippen LogP contribution is -2.36. The number of fused-ring (bicyclic) bond motifs is 3. The van der Waals surface area contributed by atoms with E-state index < -0.39 is 163 Å². The number of ether oxygens (including phenoxy) is 12. The Morgan fingerprint density at radius 1 is 0.408 bits per heavy atom. The van der Waals surface area contributed by atoms with Crippen molar-refractivity contribution in [3.8, 4) is 0 Å². The molecule has 10 fully saturated rings. The van der Waals surface area contributed by atoms with E-state index in [0.717, 1.165) is 87.3 Å². The Balaban J connectivity index is 0.000000147. The maximum absolute atomic E-state index is 13.0. The van der Waals surface area contributed by atoms with E-state index in [1.807, 2.05) is 103 Å². The smallest absolute Gasteiger partial charge is 0.351 e. The topological polar surface area (TPSA) is 451 Å². The van der Waals surface area contributed by atoms with Crippen LogP contribution in [0, 0.1) is 35.5 Å². The van der Waals surface area contributed by atoms with E-state index in [9.17, 15) is 58.5 Å². The fraction of sp³-hybridized carbons (Fsp3) is 0.548. The molecule has 10 aliphatic rings. The number of nitrogens with one attached hydrogen (secondary N) is 6. The molecular weight excluding hydrogens is 1560 g/mol. The number of aromatic nitrogens is 6. The third-order valence-corrected chi connectivity index (χ3v) is 23.1. The molecular formula is C84H104N12O24.